The number of carbonyl (C=O) groups excluding carboxylic acids is 1. The maximum atomic E-state index is 12.2. The molecule has 1 heterocycles. The van der Waals surface area contributed by atoms with Crippen LogP contribution < -0.4 is 5.73 Å². The Morgan fingerprint density at radius 3 is 2.28 bits per heavy atom. The molecule has 18 heavy (non-hydrogen) atoms. The molecule has 1 amide bonds. The highest BCUT2D eigenvalue weighted by atomic mass is 16.2. The Bertz CT molecular complexity index is 223. The average molecular weight is 254 g/mol. The van der Waals surface area contributed by atoms with Gasteiger partial charge in [-0.05, 0) is 38.1 Å². The second-order valence-electron chi connectivity index (χ2n) is 5.54. The van der Waals surface area contributed by atoms with Crippen molar-refractivity contribution in [3.05, 3.63) is 0 Å². The van der Waals surface area contributed by atoms with E-state index in [2.05, 4.69) is 11.8 Å². The predicted molar refractivity (Wildman–Crippen MR) is 76.4 cm³/mol. The van der Waals surface area contributed by atoms with E-state index in [4.69, 9.17) is 5.73 Å². The predicted octanol–water partition coefficient (Wildman–Crippen LogP) is 2.93. The standard InChI is InChI=1S/C15H30N2O/c1-2-14(10-11-16)8-9-15(18)17-12-6-4-3-5-7-13-17/h14H,2-13,16H2,1H3. The monoisotopic (exact) mass is 254 g/mol. The lowest BCUT2D eigenvalue weighted by Gasteiger charge is -2.25. The van der Waals surface area contributed by atoms with Crippen molar-refractivity contribution in [3.8, 4) is 0 Å². The van der Waals surface area contributed by atoms with E-state index in [0.29, 0.717) is 11.8 Å². The van der Waals surface area contributed by atoms with Crippen LogP contribution in [-0.2, 0) is 4.79 Å². The Balaban J connectivity index is 2.28. The van der Waals surface area contributed by atoms with E-state index in [-0.39, 0.29) is 0 Å². The third kappa shape index (κ3) is 5.85. The molecule has 1 saturated heterocycles. The lowest BCUT2D eigenvalue weighted by atomic mass is 9.96. The van der Waals surface area contributed by atoms with Gasteiger partial charge in [-0.15, -0.1) is 0 Å². The highest BCUT2D eigenvalue weighted by Gasteiger charge is 2.16. The van der Waals surface area contributed by atoms with Crippen molar-refractivity contribution in [2.75, 3.05) is 19.6 Å². The smallest absolute Gasteiger partial charge is 0.222 e. The topological polar surface area (TPSA) is 46.3 Å². The highest BCUT2D eigenvalue weighted by molar-refractivity contribution is 5.76. The van der Waals surface area contributed by atoms with Crippen molar-refractivity contribution >= 4 is 5.91 Å². The number of nitrogens with zero attached hydrogens (tertiary/aromatic N) is 1. The number of amides is 1. The maximum absolute atomic E-state index is 12.2. The molecule has 0 saturated carbocycles. The van der Waals surface area contributed by atoms with E-state index in [9.17, 15) is 4.79 Å². The third-order valence-electron chi connectivity index (χ3n) is 4.13. The lowest BCUT2D eigenvalue weighted by molar-refractivity contribution is -0.131. The molecule has 3 nitrogen and oxygen atoms in total. The van der Waals surface area contributed by atoms with Crippen molar-refractivity contribution in [3.63, 3.8) is 0 Å². The number of hydrogen-bond donors (Lipinski definition) is 1. The van der Waals surface area contributed by atoms with E-state index >= 15 is 0 Å². The molecule has 0 bridgehead atoms. The highest BCUT2D eigenvalue weighted by Crippen LogP contribution is 2.17. The molecule has 0 aromatic rings. The molecule has 2 N–H and O–H groups in total. The summed E-state index contributed by atoms with van der Waals surface area (Å²) in [5, 5.41) is 0. The molecule has 106 valence electrons. The summed E-state index contributed by atoms with van der Waals surface area (Å²) in [6.07, 6.45) is 10.2. The van der Waals surface area contributed by atoms with E-state index in [1.807, 2.05) is 0 Å². The fourth-order valence-corrected chi connectivity index (χ4v) is 2.77. The van der Waals surface area contributed by atoms with Crippen LogP contribution in [0.15, 0.2) is 0 Å². The van der Waals surface area contributed by atoms with E-state index < -0.39 is 0 Å². The third-order valence-corrected chi connectivity index (χ3v) is 4.13. The average Bonchev–Trinajstić information content (AvgIpc) is 2.33. The molecule has 1 fully saturated rings. The molecule has 3 heteroatoms. The van der Waals surface area contributed by atoms with Crippen LogP contribution >= 0.6 is 0 Å². The van der Waals surface area contributed by atoms with Crippen molar-refractivity contribution in [1.82, 2.24) is 4.90 Å². The van der Waals surface area contributed by atoms with Crippen LogP contribution in [0.1, 0.15) is 64.7 Å². The number of nitrogens with two attached hydrogens (primary N) is 1. The summed E-state index contributed by atoms with van der Waals surface area (Å²) < 4.78 is 0. The van der Waals surface area contributed by atoms with Gasteiger partial charge in [0.15, 0.2) is 0 Å². The molecule has 0 aliphatic carbocycles. The summed E-state index contributed by atoms with van der Waals surface area (Å²) in [6, 6.07) is 0. The first kappa shape index (κ1) is 15.5. The first-order valence-electron chi connectivity index (χ1n) is 7.75. The Hall–Kier alpha value is -0.570. The summed E-state index contributed by atoms with van der Waals surface area (Å²) >= 11 is 0. The van der Waals surface area contributed by atoms with E-state index in [1.165, 1.54) is 32.1 Å². The normalized spacial score (nSPS) is 19.1. The Morgan fingerprint density at radius 2 is 1.72 bits per heavy atom. The summed E-state index contributed by atoms with van der Waals surface area (Å²) in [7, 11) is 0. The minimum atomic E-state index is 0.368. The fourth-order valence-electron chi connectivity index (χ4n) is 2.77. The van der Waals surface area contributed by atoms with Crippen molar-refractivity contribution in [2.45, 2.75) is 64.7 Å². The number of carbonyl (C=O) groups is 1. The molecule has 0 radical (unpaired) electrons. The zero-order chi connectivity index (χ0) is 13.2. The summed E-state index contributed by atoms with van der Waals surface area (Å²) in [5.41, 5.74) is 5.60. The molecule has 1 aliphatic heterocycles. The molecular weight excluding hydrogens is 224 g/mol. The van der Waals surface area contributed by atoms with Crippen molar-refractivity contribution in [2.24, 2.45) is 11.7 Å². The van der Waals surface area contributed by atoms with Gasteiger partial charge in [0.05, 0.1) is 0 Å². The van der Waals surface area contributed by atoms with Crippen molar-refractivity contribution in [1.29, 1.82) is 0 Å². The lowest BCUT2D eigenvalue weighted by Crippen LogP contribution is -2.34. The number of hydrogen-bond acceptors (Lipinski definition) is 2. The van der Waals surface area contributed by atoms with Gasteiger partial charge in [0.25, 0.3) is 0 Å². The fraction of sp³-hybridized carbons (Fsp3) is 0.933. The summed E-state index contributed by atoms with van der Waals surface area (Å²) in [6.45, 7) is 4.90. The second-order valence-corrected chi connectivity index (χ2v) is 5.54. The van der Waals surface area contributed by atoms with Gasteiger partial charge in [0.2, 0.25) is 5.91 Å². The van der Waals surface area contributed by atoms with Crippen LogP contribution in [0.3, 0.4) is 0 Å². The zero-order valence-electron chi connectivity index (χ0n) is 12.0. The van der Waals surface area contributed by atoms with E-state index in [0.717, 1.165) is 45.3 Å². The van der Waals surface area contributed by atoms with Crippen LogP contribution in [0.5, 0.6) is 0 Å². The number of rotatable bonds is 6. The SMILES string of the molecule is CCC(CCN)CCC(=O)N1CCCCCCC1. The molecule has 1 unspecified atom stereocenters. The van der Waals surface area contributed by atoms with Gasteiger partial charge < -0.3 is 10.6 Å². The van der Waals surface area contributed by atoms with Gasteiger partial charge in [-0.1, -0.05) is 32.6 Å². The van der Waals surface area contributed by atoms with Crippen LogP contribution in [0.4, 0.5) is 0 Å². The molecule has 1 aliphatic rings. The summed E-state index contributed by atoms with van der Waals surface area (Å²) in [4.78, 5) is 14.3. The summed E-state index contributed by atoms with van der Waals surface area (Å²) in [5.74, 6) is 1.00. The number of likely N-dealkylation sites (tertiary alicyclic amines) is 1. The van der Waals surface area contributed by atoms with E-state index in [1.54, 1.807) is 0 Å². The van der Waals surface area contributed by atoms with Gasteiger partial charge in [0.1, 0.15) is 0 Å². The zero-order valence-corrected chi connectivity index (χ0v) is 12.0. The second kappa shape index (κ2) is 9.37. The molecular formula is C15H30N2O. The molecule has 1 rings (SSSR count). The van der Waals surface area contributed by atoms with Gasteiger partial charge in [-0.2, -0.15) is 0 Å². The maximum Gasteiger partial charge on any atom is 0.222 e. The Labute approximate surface area is 112 Å². The first-order chi connectivity index (χ1) is 8.77. The van der Waals surface area contributed by atoms with Gasteiger partial charge >= 0.3 is 0 Å². The molecule has 0 aromatic carbocycles. The van der Waals surface area contributed by atoms with Crippen LogP contribution in [0.25, 0.3) is 0 Å². The molecule has 0 aromatic heterocycles. The van der Waals surface area contributed by atoms with Gasteiger partial charge in [-0.3, -0.25) is 4.79 Å². The van der Waals surface area contributed by atoms with Crippen molar-refractivity contribution < 1.29 is 4.79 Å². The quantitative estimate of drug-likeness (QED) is 0.792. The van der Waals surface area contributed by atoms with Crippen LogP contribution in [0.2, 0.25) is 0 Å². The first-order valence-corrected chi connectivity index (χ1v) is 7.75. The van der Waals surface area contributed by atoms with Gasteiger partial charge in [-0.25, -0.2) is 0 Å². The molecule has 1 atom stereocenters. The minimum absolute atomic E-state index is 0.368. The molecule has 0 spiro atoms. The minimum Gasteiger partial charge on any atom is -0.343 e. The van der Waals surface area contributed by atoms with Gasteiger partial charge in [0, 0.05) is 19.5 Å². The van der Waals surface area contributed by atoms with Crippen LogP contribution in [0, 0.1) is 5.92 Å². The van der Waals surface area contributed by atoms with Crippen LogP contribution in [-0.4, -0.2) is 30.4 Å². The Morgan fingerprint density at radius 1 is 1.11 bits per heavy atom. The Kier molecular flexibility index (Phi) is 8.06. The largest absolute Gasteiger partial charge is 0.343 e.